The second-order valence-electron chi connectivity index (χ2n) is 13.8. The average molecular weight is 569 g/mol. The number of ether oxygens (including phenoxy) is 2. The van der Waals surface area contributed by atoms with E-state index in [1.54, 1.807) is 0 Å². The molecular weight excluding hydrogens is 520 g/mol. The maximum absolute atomic E-state index is 13.6. The van der Waals surface area contributed by atoms with Gasteiger partial charge in [0.05, 0.1) is 5.69 Å². The normalized spacial score (nSPS) is 16.6. The molecule has 0 spiro atoms. The van der Waals surface area contributed by atoms with Crippen LogP contribution in [0.25, 0.3) is 11.1 Å². The Morgan fingerprint density at radius 3 is 2.17 bits per heavy atom. The van der Waals surface area contributed by atoms with Crippen LogP contribution in [-0.2, 0) is 21.0 Å². The van der Waals surface area contributed by atoms with Gasteiger partial charge >= 0.3 is 6.09 Å². The number of anilines is 1. The number of hydrogen-bond donors (Lipinski definition) is 2. The molecule has 8 nitrogen and oxygen atoms in total. The minimum Gasteiger partial charge on any atom is -0.444 e. The average Bonchev–Trinajstić information content (AvgIpc) is 3.76. The molecule has 0 unspecified atom stereocenters. The van der Waals surface area contributed by atoms with Gasteiger partial charge in [0.15, 0.2) is 0 Å². The fourth-order valence-corrected chi connectivity index (χ4v) is 6.13. The van der Waals surface area contributed by atoms with Crippen LogP contribution in [0.15, 0.2) is 24.3 Å². The summed E-state index contributed by atoms with van der Waals surface area (Å²) in [4.78, 5) is 26.2. The Bertz CT molecular complexity index is 1180. The van der Waals surface area contributed by atoms with Gasteiger partial charge in [-0.25, -0.2) is 9.48 Å². The summed E-state index contributed by atoms with van der Waals surface area (Å²) in [6.07, 6.45) is 3.93. The maximum Gasteiger partial charge on any atom is 0.408 e. The van der Waals surface area contributed by atoms with Gasteiger partial charge in [-0.1, -0.05) is 31.8 Å². The highest BCUT2D eigenvalue weighted by Crippen LogP contribution is 2.51. The van der Waals surface area contributed by atoms with Gasteiger partial charge in [0, 0.05) is 31.6 Å². The molecule has 2 N–H and O–H groups in total. The number of aromatic nitrogens is 2. The molecular formula is C31H48N4O4Si. The van der Waals surface area contributed by atoms with E-state index in [2.05, 4.69) is 37.2 Å². The Morgan fingerprint density at radius 1 is 1.05 bits per heavy atom. The third-order valence-corrected chi connectivity index (χ3v) is 9.41. The van der Waals surface area contributed by atoms with Crippen LogP contribution < -0.4 is 10.6 Å². The molecule has 1 atom stereocenters. The second-order valence-corrected chi connectivity index (χ2v) is 19.5. The lowest BCUT2D eigenvalue weighted by atomic mass is 9.88. The van der Waals surface area contributed by atoms with Crippen molar-refractivity contribution in [1.82, 2.24) is 15.1 Å². The minimum atomic E-state index is -1.13. The fraction of sp³-hybridized carbons (Fsp3) is 0.645. The van der Waals surface area contributed by atoms with E-state index in [1.165, 1.54) is 0 Å². The highest BCUT2D eigenvalue weighted by Gasteiger charge is 2.48. The quantitative estimate of drug-likeness (QED) is 0.218. The standard InChI is InChI=1S/C31H48N4O4Si/c1-20-26(21(2)35(34-20)19-38-17-18-40(6,7)8)22-13-15-25(16-14-22)32-29(36)28(33-30(37)39-31(3,4)5)27(23-9-10-23)24-11-12-24/h13-16,23-24,27-28H,9-12,17-19H2,1-8H3,(H,32,36)(H,33,37)/t28-/m0/s1. The number of carbonyl (C=O) groups is 2. The molecule has 0 aliphatic heterocycles. The van der Waals surface area contributed by atoms with E-state index in [0.717, 1.165) is 60.8 Å². The van der Waals surface area contributed by atoms with E-state index in [4.69, 9.17) is 14.6 Å². The second kappa shape index (κ2) is 12.1. The Labute approximate surface area is 240 Å². The van der Waals surface area contributed by atoms with Crippen LogP contribution in [0.4, 0.5) is 10.5 Å². The SMILES string of the molecule is Cc1nn(COCC[Si](C)(C)C)c(C)c1-c1ccc(NC(=O)[C@@H](NC(=O)OC(C)(C)C)C(C2CC2)C2CC2)cc1. The molecule has 2 aliphatic rings. The van der Waals surface area contributed by atoms with Gasteiger partial charge < -0.3 is 20.1 Å². The molecule has 0 bridgehead atoms. The summed E-state index contributed by atoms with van der Waals surface area (Å²) >= 11 is 0. The lowest BCUT2D eigenvalue weighted by molar-refractivity contribution is -0.120. The number of carbonyl (C=O) groups excluding carboxylic acids is 2. The number of benzene rings is 1. The van der Waals surface area contributed by atoms with Crippen molar-refractivity contribution in [2.75, 3.05) is 11.9 Å². The zero-order valence-electron chi connectivity index (χ0n) is 25.6. The van der Waals surface area contributed by atoms with Crippen molar-refractivity contribution in [3.63, 3.8) is 0 Å². The Morgan fingerprint density at radius 2 is 1.65 bits per heavy atom. The molecule has 2 fully saturated rings. The number of nitrogens with one attached hydrogen (secondary N) is 2. The third-order valence-electron chi connectivity index (χ3n) is 7.70. The first kappa shape index (κ1) is 30.3. The number of aryl methyl sites for hydroxylation is 1. The summed E-state index contributed by atoms with van der Waals surface area (Å²) in [5, 5.41) is 10.7. The van der Waals surface area contributed by atoms with Gasteiger partial charge in [-0.15, -0.1) is 0 Å². The van der Waals surface area contributed by atoms with Crippen LogP contribution in [0.1, 0.15) is 57.8 Å². The summed E-state index contributed by atoms with van der Waals surface area (Å²) in [6.45, 7) is 17.8. The van der Waals surface area contributed by atoms with E-state index < -0.39 is 25.8 Å². The summed E-state index contributed by atoms with van der Waals surface area (Å²) in [5.74, 6) is 0.944. The monoisotopic (exact) mass is 568 g/mol. The van der Waals surface area contributed by atoms with Gasteiger partial charge in [0.25, 0.3) is 0 Å². The number of amides is 2. The van der Waals surface area contributed by atoms with E-state index in [0.29, 0.717) is 24.3 Å². The van der Waals surface area contributed by atoms with E-state index in [9.17, 15) is 9.59 Å². The van der Waals surface area contributed by atoms with Gasteiger partial charge in [0.2, 0.25) is 5.91 Å². The van der Waals surface area contributed by atoms with Gasteiger partial charge in [0.1, 0.15) is 18.4 Å². The van der Waals surface area contributed by atoms with Crippen LogP contribution in [0.2, 0.25) is 25.7 Å². The molecule has 0 saturated heterocycles. The van der Waals surface area contributed by atoms with Crippen LogP contribution in [0.5, 0.6) is 0 Å². The molecule has 40 heavy (non-hydrogen) atoms. The first-order valence-electron chi connectivity index (χ1n) is 14.7. The van der Waals surface area contributed by atoms with Crippen LogP contribution in [0.3, 0.4) is 0 Å². The summed E-state index contributed by atoms with van der Waals surface area (Å²) < 4.78 is 13.4. The van der Waals surface area contributed by atoms with Gasteiger partial charge in [-0.3, -0.25) is 4.79 Å². The molecule has 2 saturated carbocycles. The number of hydrogen-bond acceptors (Lipinski definition) is 5. The molecule has 1 heterocycles. The Hall–Kier alpha value is -2.65. The first-order valence-corrected chi connectivity index (χ1v) is 18.4. The van der Waals surface area contributed by atoms with Crippen LogP contribution in [-0.4, -0.2) is 48.1 Å². The molecule has 1 aromatic heterocycles. The molecule has 1 aromatic carbocycles. The largest absolute Gasteiger partial charge is 0.444 e. The predicted octanol–water partition coefficient (Wildman–Crippen LogP) is 6.75. The number of nitrogens with zero attached hydrogens (tertiary/aromatic N) is 2. The van der Waals surface area contributed by atoms with Gasteiger partial charge in [-0.05, 0) is 102 Å². The van der Waals surface area contributed by atoms with Crippen molar-refractivity contribution < 1.29 is 19.1 Å². The number of alkyl carbamates (subject to hydrolysis) is 1. The lowest BCUT2D eigenvalue weighted by Crippen LogP contribution is -2.51. The Balaban J connectivity index is 1.43. The highest BCUT2D eigenvalue weighted by atomic mass is 28.3. The molecule has 0 radical (unpaired) electrons. The maximum atomic E-state index is 13.6. The summed E-state index contributed by atoms with van der Waals surface area (Å²) in [6, 6.07) is 8.38. The zero-order chi connectivity index (χ0) is 29.2. The fourth-order valence-electron chi connectivity index (χ4n) is 5.37. The lowest BCUT2D eigenvalue weighted by Gasteiger charge is -2.29. The zero-order valence-corrected chi connectivity index (χ0v) is 26.6. The first-order chi connectivity index (χ1) is 18.7. The van der Waals surface area contributed by atoms with E-state index in [-0.39, 0.29) is 11.8 Å². The van der Waals surface area contributed by atoms with E-state index in [1.807, 2.05) is 56.6 Å². The van der Waals surface area contributed by atoms with Crippen LogP contribution >= 0.6 is 0 Å². The highest BCUT2D eigenvalue weighted by molar-refractivity contribution is 6.76. The molecule has 2 aromatic rings. The smallest absolute Gasteiger partial charge is 0.408 e. The summed E-state index contributed by atoms with van der Waals surface area (Å²) in [5.41, 5.74) is 4.20. The van der Waals surface area contributed by atoms with Gasteiger partial charge in [-0.2, -0.15) is 5.10 Å². The molecule has 2 aliphatic carbocycles. The number of rotatable bonds is 12. The molecule has 4 rings (SSSR count). The third kappa shape index (κ3) is 8.43. The Kier molecular flexibility index (Phi) is 9.14. The van der Waals surface area contributed by atoms with E-state index >= 15 is 0 Å². The van der Waals surface area contributed by atoms with Crippen molar-refractivity contribution in [2.24, 2.45) is 17.8 Å². The van der Waals surface area contributed by atoms with Crippen molar-refractivity contribution >= 4 is 25.8 Å². The molecule has 2 amide bonds. The van der Waals surface area contributed by atoms with Crippen molar-refractivity contribution in [3.05, 3.63) is 35.7 Å². The van der Waals surface area contributed by atoms with Crippen molar-refractivity contribution in [3.8, 4) is 11.1 Å². The van der Waals surface area contributed by atoms with Crippen molar-refractivity contribution in [1.29, 1.82) is 0 Å². The predicted molar refractivity (Wildman–Crippen MR) is 162 cm³/mol. The van der Waals surface area contributed by atoms with Crippen molar-refractivity contribution in [2.45, 2.75) is 104 Å². The molecule has 9 heteroatoms. The topological polar surface area (TPSA) is 94.5 Å². The van der Waals surface area contributed by atoms with Crippen LogP contribution in [0, 0.1) is 31.6 Å². The summed E-state index contributed by atoms with van der Waals surface area (Å²) in [7, 11) is -1.13. The minimum absolute atomic E-state index is 0.149. The molecule has 220 valence electrons.